The Balaban J connectivity index is 3.13. The van der Waals surface area contributed by atoms with E-state index in [1.165, 1.54) is 12.1 Å². The fourth-order valence-corrected chi connectivity index (χ4v) is 0.869. The van der Waals surface area contributed by atoms with Gasteiger partial charge in [-0.2, -0.15) is 10.5 Å². The van der Waals surface area contributed by atoms with Crippen molar-refractivity contribution in [3.63, 3.8) is 0 Å². The molecule has 14 heavy (non-hydrogen) atoms. The van der Waals surface area contributed by atoms with Crippen LogP contribution in [-0.2, 0) is 0 Å². The van der Waals surface area contributed by atoms with E-state index in [1.54, 1.807) is 12.1 Å². The van der Waals surface area contributed by atoms with Gasteiger partial charge in [-0.25, -0.2) is 4.39 Å². The van der Waals surface area contributed by atoms with E-state index in [0.717, 1.165) is 12.1 Å². The monoisotopic (exact) mass is 188 g/mol. The van der Waals surface area contributed by atoms with Gasteiger partial charge in [-0.05, 0) is 23.8 Å². The highest BCUT2D eigenvalue weighted by molar-refractivity contribution is 5.62. The van der Waals surface area contributed by atoms with Gasteiger partial charge in [0, 0.05) is 0 Å². The van der Waals surface area contributed by atoms with Crippen LogP contribution in [0, 0.1) is 28.5 Å². The summed E-state index contributed by atoms with van der Waals surface area (Å²) in [5, 5.41) is 25.7. The molecule has 0 aliphatic heterocycles. The van der Waals surface area contributed by atoms with Crippen molar-refractivity contribution in [1.29, 1.82) is 10.5 Å². The highest BCUT2D eigenvalue weighted by Gasteiger charge is 2.00. The predicted molar refractivity (Wildman–Crippen MR) is 47.3 cm³/mol. The molecule has 0 spiro atoms. The van der Waals surface area contributed by atoms with Crippen molar-refractivity contribution < 1.29 is 9.50 Å². The summed E-state index contributed by atoms with van der Waals surface area (Å²) < 4.78 is 12.8. The van der Waals surface area contributed by atoms with Crippen LogP contribution in [0.2, 0.25) is 0 Å². The number of nitriles is 2. The number of benzene rings is 1. The summed E-state index contributed by atoms with van der Waals surface area (Å²) in [5.41, 5.74) is 0.244. The van der Waals surface area contributed by atoms with Crippen molar-refractivity contribution in [3.05, 3.63) is 35.2 Å². The van der Waals surface area contributed by atoms with Gasteiger partial charge in [0.05, 0.1) is 0 Å². The Morgan fingerprint density at radius 3 is 2.50 bits per heavy atom. The molecule has 4 heteroatoms. The summed E-state index contributed by atoms with van der Waals surface area (Å²) in [5.74, 6) is -1.24. The van der Waals surface area contributed by atoms with Crippen LogP contribution in [0.3, 0.4) is 0 Å². The normalized spacial score (nSPS) is 8.50. The van der Waals surface area contributed by atoms with Gasteiger partial charge in [0.2, 0.25) is 0 Å². The number of nitrogens with zero attached hydrogens (tertiary/aromatic N) is 2. The highest BCUT2D eigenvalue weighted by atomic mass is 19.1. The van der Waals surface area contributed by atoms with E-state index in [1.807, 2.05) is 0 Å². The third-order valence-corrected chi connectivity index (χ3v) is 1.52. The minimum absolute atomic E-state index is 0.116. The SMILES string of the molecule is N#CC(C#N)=Cc1ccc(O)c(F)c1. The van der Waals surface area contributed by atoms with Crippen molar-refractivity contribution in [2.45, 2.75) is 0 Å². The summed E-state index contributed by atoms with van der Waals surface area (Å²) in [6.07, 6.45) is 1.24. The maximum absolute atomic E-state index is 12.8. The van der Waals surface area contributed by atoms with Crippen molar-refractivity contribution >= 4 is 6.08 Å². The van der Waals surface area contributed by atoms with Gasteiger partial charge in [-0.3, -0.25) is 0 Å². The standard InChI is InChI=1S/C10H5FN2O/c11-9-4-7(1-2-10(9)14)3-8(5-12)6-13/h1-4,14H. The van der Waals surface area contributed by atoms with Gasteiger partial charge >= 0.3 is 0 Å². The van der Waals surface area contributed by atoms with Crippen LogP contribution < -0.4 is 0 Å². The lowest BCUT2D eigenvalue weighted by Crippen LogP contribution is -1.80. The lowest BCUT2D eigenvalue weighted by Gasteiger charge is -1.96. The van der Waals surface area contributed by atoms with E-state index in [4.69, 9.17) is 15.6 Å². The fraction of sp³-hybridized carbons (Fsp3) is 0. The first kappa shape index (κ1) is 9.76. The van der Waals surface area contributed by atoms with Crippen molar-refractivity contribution in [2.24, 2.45) is 0 Å². The minimum Gasteiger partial charge on any atom is -0.505 e. The maximum atomic E-state index is 12.8. The van der Waals surface area contributed by atoms with Crippen LogP contribution in [0.4, 0.5) is 4.39 Å². The fourth-order valence-electron chi connectivity index (χ4n) is 0.869. The summed E-state index contributed by atoms with van der Waals surface area (Å²) >= 11 is 0. The number of halogens is 1. The molecule has 1 aromatic rings. The average molecular weight is 188 g/mol. The lowest BCUT2D eigenvalue weighted by atomic mass is 10.1. The van der Waals surface area contributed by atoms with E-state index in [-0.39, 0.29) is 5.57 Å². The second kappa shape index (κ2) is 4.06. The molecule has 0 aromatic heterocycles. The van der Waals surface area contributed by atoms with Crippen LogP contribution in [0.1, 0.15) is 5.56 Å². The zero-order valence-corrected chi connectivity index (χ0v) is 7.03. The van der Waals surface area contributed by atoms with Crippen molar-refractivity contribution in [1.82, 2.24) is 0 Å². The van der Waals surface area contributed by atoms with Gasteiger partial charge in [-0.1, -0.05) is 6.07 Å². The van der Waals surface area contributed by atoms with Crippen LogP contribution in [0.5, 0.6) is 5.75 Å². The Labute approximate surface area is 79.9 Å². The van der Waals surface area contributed by atoms with E-state index in [0.29, 0.717) is 5.56 Å². The van der Waals surface area contributed by atoms with E-state index < -0.39 is 11.6 Å². The maximum Gasteiger partial charge on any atom is 0.165 e. The number of phenols is 1. The summed E-state index contributed by atoms with van der Waals surface area (Å²) in [6, 6.07) is 6.91. The second-order valence-electron chi connectivity index (χ2n) is 2.49. The van der Waals surface area contributed by atoms with Gasteiger partial charge in [0.1, 0.15) is 17.7 Å². The summed E-state index contributed by atoms with van der Waals surface area (Å²) in [4.78, 5) is 0. The molecule has 0 bridgehead atoms. The third-order valence-electron chi connectivity index (χ3n) is 1.52. The zero-order chi connectivity index (χ0) is 10.6. The lowest BCUT2D eigenvalue weighted by molar-refractivity contribution is 0.432. The third kappa shape index (κ3) is 2.09. The number of hydrogen-bond donors (Lipinski definition) is 1. The molecule has 1 aromatic carbocycles. The Hall–Kier alpha value is -2.33. The van der Waals surface area contributed by atoms with Gasteiger partial charge in [0.25, 0.3) is 0 Å². The molecule has 0 fully saturated rings. The number of phenolic OH excluding ortho intramolecular Hbond substituents is 1. The van der Waals surface area contributed by atoms with E-state index in [2.05, 4.69) is 0 Å². The Bertz CT molecular complexity index is 450. The molecule has 0 radical (unpaired) electrons. The molecule has 0 amide bonds. The molecule has 1 rings (SSSR count). The topological polar surface area (TPSA) is 67.8 Å². The first-order valence-electron chi connectivity index (χ1n) is 3.68. The molecule has 0 atom stereocenters. The average Bonchev–Trinajstić information content (AvgIpc) is 2.19. The molecule has 0 heterocycles. The molecule has 0 aliphatic carbocycles. The number of rotatable bonds is 1. The van der Waals surface area contributed by atoms with Gasteiger partial charge < -0.3 is 5.11 Å². The number of hydrogen-bond acceptors (Lipinski definition) is 3. The molecular formula is C10H5FN2O. The predicted octanol–water partition coefficient (Wildman–Crippen LogP) is 1.96. The van der Waals surface area contributed by atoms with Gasteiger partial charge in [0.15, 0.2) is 11.6 Å². The Morgan fingerprint density at radius 2 is 2.00 bits per heavy atom. The second-order valence-corrected chi connectivity index (χ2v) is 2.49. The van der Waals surface area contributed by atoms with Crippen LogP contribution >= 0.6 is 0 Å². The van der Waals surface area contributed by atoms with E-state index >= 15 is 0 Å². The van der Waals surface area contributed by atoms with Crippen molar-refractivity contribution in [2.75, 3.05) is 0 Å². The first-order chi connectivity index (χ1) is 6.67. The molecule has 68 valence electrons. The zero-order valence-electron chi connectivity index (χ0n) is 7.03. The number of aromatic hydroxyl groups is 1. The summed E-state index contributed by atoms with van der Waals surface area (Å²) in [6.45, 7) is 0. The number of allylic oxidation sites excluding steroid dienone is 1. The Kier molecular flexibility index (Phi) is 2.83. The molecule has 0 saturated heterocycles. The molecule has 3 nitrogen and oxygen atoms in total. The molecule has 0 aliphatic rings. The molecule has 0 unspecified atom stereocenters. The van der Waals surface area contributed by atoms with Gasteiger partial charge in [-0.15, -0.1) is 0 Å². The molecule has 0 saturated carbocycles. The molecular weight excluding hydrogens is 183 g/mol. The largest absolute Gasteiger partial charge is 0.505 e. The van der Waals surface area contributed by atoms with Crippen LogP contribution in [-0.4, -0.2) is 5.11 Å². The van der Waals surface area contributed by atoms with E-state index in [9.17, 15) is 4.39 Å². The smallest absolute Gasteiger partial charge is 0.165 e. The summed E-state index contributed by atoms with van der Waals surface area (Å²) in [7, 11) is 0. The highest BCUT2D eigenvalue weighted by Crippen LogP contribution is 2.17. The quantitative estimate of drug-likeness (QED) is 0.685. The minimum atomic E-state index is -0.783. The van der Waals surface area contributed by atoms with Crippen LogP contribution in [0.25, 0.3) is 6.08 Å². The van der Waals surface area contributed by atoms with Crippen LogP contribution in [0.15, 0.2) is 23.8 Å². The van der Waals surface area contributed by atoms with Crippen molar-refractivity contribution in [3.8, 4) is 17.9 Å². The Morgan fingerprint density at radius 1 is 1.36 bits per heavy atom. The first-order valence-corrected chi connectivity index (χ1v) is 3.68. The molecule has 1 N–H and O–H groups in total.